The van der Waals surface area contributed by atoms with Gasteiger partial charge in [-0.25, -0.2) is 12.8 Å². The van der Waals surface area contributed by atoms with Gasteiger partial charge in [0, 0.05) is 0 Å². The second kappa shape index (κ2) is 6.36. The van der Waals surface area contributed by atoms with Gasteiger partial charge >= 0.3 is 0 Å². The molecule has 3 N–H and O–H groups in total. The third-order valence-electron chi connectivity index (χ3n) is 4.16. The molecule has 2 aromatic rings. The lowest BCUT2D eigenvalue weighted by molar-refractivity contribution is 0.100. The molecule has 0 atom stereocenters. The van der Waals surface area contributed by atoms with Gasteiger partial charge in [0.1, 0.15) is 16.5 Å². The summed E-state index contributed by atoms with van der Waals surface area (Å²) in [7, 11) is -2.66. The van der Waals surface area contributed by atoms with Crippen LogP contribution in [-0.4, -0.2) is 21.4 Å². The fraction of sp³-hybridized carbons (Fsp3) is 0.235. The van der Waals surface area contributed by atoms with E-state index in [1.807, 2.05) is 0 Å². The van der Waals surface area contributed by atoms with Crippen LogP contribution in [0.2, 0.25) is 0 Å². The average molecular weight is 364 g/mol. The van der Waals surface area contributed by atoms with Crippen LogP contribution in [0.5, 0.6) is 5.75 Å². The molecule has 8 heteroatoms. The molecular weight excluding hydrogens is 347 g/mol. The summed E-state index contributed by atoms with van der Waals surface area (Å²) in [5.41, 5.74) is 6.89. The number of amides is 1. The van der Waals surface area contributed by atoms with E-state index in [2.05, 4.69) is 4.72 Å². The number of rotatable bonds is 5. The Balaban J connectivity index is 2.06. The molecule has 1 amide bonds. The van der Waals surface area contributed by atoms with Gasteiger partial charge in [-0.3, -0.25) is 9.52 Å². The summed E-state index contributed by atoms with van der Waals surface area (Å²) in [6, 6.07) is 6.39. The summed E-state index contributed by atoms with van der Waals surface area (Å²) in [5, 5.41) is 0. The Bertz CT molecular complexity index is 957. The first-order valence-corrected chi connectivity index (χ1v) is 9.12. The van der Waals surface area contributed by atoms with Crippen LogP contribution in [0.25, 0.3) is 0 Å². The van der Waals surface area contributed by atoms with Gasteiger partial charge in [0.05, 0.1) is 18.4 Å². The largest absolute Gasteiger partial charge is 0.495 e. The number of fused-ring (bicyclic) bond motifs is 1. The molecule has 1 aliphatic rings. The van der Waals surface area contributed by atoms with E-state index in [1.54, 1.807) is 12.1 Å². The zero-order chi connectivity index (χ0) is 18.2. The van der Waals surface area contributed by atoms with Crippen molar-refractivity contribution < 1.29 is 22.3 Å². The lowest BCUT2D eigenvalue weighted by atomic mass is 10.1. The van der Waals surface area contributed by atoms with Gasteiger partial charge in [0.25, 0.3) is 15.9 Å². The average Bonchev–Trinajstić information content (AvgIpc) is 3.02. The number of benzene rings is 2. The topological polar surface area (TPSA) is 98.5 Å². The van der Waals surface area contributed by atoms with E-state index in [0.717, 1.165) is 48.6 Å². The minimum absolute atomic E-state index is 0.0320. The lowest BCUT2D eigenvalue weighted by Gasteiger charge is -2.15. The Morgan fingerprint density at radius 3 is 2.52 bits per heavy atom. The van der Waals surface area contributed by atoms with Gasteiger partial charge in [-0.05, 0) is 60.7 Å². The number of sulfonamides is 1. The van der Waals surface area contributed by atoms with E-state index in [4.69, 9.17) is 10.5 Å². The summed E-state index contributed by atoms with van der Waals surface area (Å²) < 4.78 is 46.5. The highest BCUT2D eigenvalue weighted by Gasteiger charge is 2.25. The van der Waals surface area contributed by atoms with Crippen molar-refractivity contribution >= 4 is 21.6 Å². The van der Waals surface area contributed by atoms with Gasteiger partial charge in [0.15, 0.2) is 0 Å². The van der Waals surface area contributed by atoms with E-state index >= 15 is 0 Å². The van der Waals surface area contributed by atoms with Crippen molar-refractivity contribution in [3.8, 4) is 5.75 Å². The standard InChI is InChI=1S/C17H17FN2O4S/c1-24-15-7-10-3-2-4-11(10)8-16(15)25(22,23)20-14-6-5-12(18)9-13(14)17(19)21/h5-9,20H,2-4H2,1H3,(H2,19,21). The van der Waals surface area contributed by atoms with Crippen LogP contribution in [-0.2, 0) is 22.9 Å². The van der Waals surface area contributed by atoms with Crippen LogP contribution in [0.1, 0.15) is 27.9 Å². The van der Waals surface area contributed by atoms with E-state index < -0.39 is 21.7 Å². The highest BCUT2D eigenvalue weighted by Crippen LogP contribution is 2.33. The zero-order valence-corrected chi connectivity index (χ0v) is 14.3. The molecule has 0 spiro atoms. The predicted octanol–water partition coefficient (Wildman–Crippen LogP) is 2.22. The molecule has 3 rings (SSSR count). The van der Waals surface area contributed by atoms with E-state index in [0.29, 0.717) is 0 Å². The summed E-state index contributed by atoms with van der Waals surface area (Å²) in [6.07, 6.45) is 2.63. The number of nitrogens with two attached hydrogens (primary N) is 1. The van der Waals surface area contributed by atoms with Gasteiger partial charge in [0.2, 0.25) is 0 Å². The number of methoxy groups -OCH3 is 1. The van der Waals surface area contributed by atoms with Gasteiger partial charge < -0.3 is 10.5 Å². The van der Waals surface area contributed by atoms with Gasteiger partial charge in [-0.1, -0.05) is 0 Å². The van der Waals surface area contributed by atoms with Crippen molar-refractivity contribution in [1.82, 2.24) is 0 Å². The number of hydrogen-bond donors (Lipinski definition) is 2. The quantitative estimate of drug-likeness (QED) is 0.850. The first-order valence-electron chi connectivity index (χ1n) is 7.64. The molecule has 6 nitrogen and oxygen atoms in total. The Morgan fingerprint density at radius 2 is 1.88 bits per heavy atom. The molecule has 1 aliphatic carbocycles. The first-order chi connectivity index (χ1) is 11.8. The zero-order valence-electron chi connectivity index (χ0n) is 13.5. The number of carbonyl (C=O) groups is 1. The second-order valence-corrected chi connectivity index (χ2v) is 7.44. The van der Waals surface area contributed by atoms with Crippen molar-refractivity contribution in [3.63, 3.8) is 0 Å². The number of anilines is 1. The molecule has 0 saturated heterocycles. The maximum Gasteiger partial charge on any atom is 0.265 e. The Labute approximate surface area is 144 Å². The molecule has 2 aromatic carbocycles. The van der Waals surface area contributed by atoms with Crippen molar-refractivity contribution in [3.05, 3.63) is 52.8 Å². The Kier molecular flexibility index (Phi) is 4.38. The molecule has 0 aliphatic heterocycles. The fourth-order valence-electron chi connectivity index (χ4n) is 2.96. The summed E-state index contributed by atoms with van der Waals surface area (Å²) >= 11 is 0. The molecule has 0 radical (unpaired) electrons. The third-order valence-corrected chi connectivity index (χ3v) is 5.55. The number of halogens is 1. The van der Waals surface area contributed by atoms with Crippen LogP contribution in [0.4, 0.5) is 10.1 Å². The van der Waals surface area contributed by atoms with E-state index in [-0.39, 0.29) is 21.9 Å². The molecule has 0 unspecified atom stereocenters. The first kappa shape index (κ1) is 17.2. The maximum absolute atomic E-state index is 13.3. The predicted molar refractivity (Wildman–Crippen MR) is 90.7 cm³/mol. The number of nitrogens with one attached hydrogen (secondary N) is 1. The normalized spacial score (nSPS) is 13.4. The maximum atomic E-state index is 13.3. The van der Waals surface area contributed by atoms with E-state index in [9.17, 15) is 17.6 Å². The number of carbonyl (C=O) groups excluding carboxylic acids is 1. The minimum Gasteiger partial charge on any atom is -0.495 e. The van der Waals surface area contributed by atoms with Crippen LogP contribution in [0.15, 0.2) is 35.2 Å². The van der Waals surface area contributed by atoms with Crippen LogP contribution < -0.4 is 15.2 Å². The fourth-order valence-corrected chi connectivity index (χ4v) is 4.24. The van der Waals surface area contributed by atoms with Crippen molar-refractivity contribution in [1.29, 1.82) is 0 Å². The monoisotopic (exact) mass is 364 g/mol. The van der Waals surface area contributed by atoms with Crippen molar-refractivity contribution in [2.45, 2.75) is 24.2 Å². The highest BCUT2D eigenvalue weighted by molar-refractivity contribution is 7.92. The molecule has 25 heavy (non-hydrogen) atoms. The minimum atomic E-state index is -4.05. The smallest absolute Gasteiger partial charge is 0.265 e. The Hall–Kier alpha value is -2.61. The molecule has 0 fully saturated rings. The third kappa shape index (κ3) is 3.30. The Morgan fingerprint density at radius 1 is 1.20 bits per heavy atom. The number of hydrogen-bond acceptors (Lipinski definition) is 4. The van der Waals surface area contributed by atoms with Crippen LogP contribution in [0, 0.1) is 5.82 Å². The molecule has 132 valence electrons. The number of aryl methyl sites for hydroxylation is 2. The van der Waals surface area contributed by atoms with Crippen LogP contribution in [0.3, 0.4) is 0 Å². The summed E-state index contributed by atoms with van der Waals surface area (Å²) in [4.78, 5) is 11.4. The van der Waals surface area contributed by atoms with Crippen molar-refractivity contribution in [2.24, 2.45) is 5.73 Å². The number of ether oxygens (including phenoxy) is 1. The highest BCUT2D eigenvalue weighted by atomic mass is 32.2. The lowest BCUT2D eigenvalue weighted by Crippen LogP contribution is -2.19. The molecular formula is C17H17FN2O4S. The van der Waals surface area contributed by atoms with Crippen LogP contribution >= 0.6 is 0 Å². The van der Waals surface area contributed by atoms with Crippen molar-refractivity contribution in [2.75, 3.05) is 11.8 Å². The second-order valence-electron chi connectivity index (χ2n) is 5.78. The van der Waals surface area contributed by atoms with Gasteiger partial charge in [-0.2, -0.15) is 0 Å². The molecule has 0 bridgehead atoms. The molecule has 0 heterocycles. The summed E-state index contributed by atoms with van der Waals surface area (Å²) in [5.74, 6) is -1.40. The molecule has 0 saturated carbocycles. The SMILES string of the molecule is COc1cc2c(cc1S(=O)(=O)Nc1ccc(F)cc1C(N)=O)CCC2. The number of primary amides is 1. The van der Waals surface area contributed by atoms with Gasteiger partial charge in [-0.15, -0.1) is 0 Å². The summed E-state index contributed by atoms with van der Waals surface area (Å²) in [6.45, 7) is 0. The molecule has 0 aromatic heterocycles. The van der Waals surface area contributed by atoms with E-state index in [1.165, 1.54) is 7.11 Å².